The smallest absolute Gasteiger partial charge is 0.264 e. The second kappa shape index (κ2) is 8.78. The summed E-state index contributed by atoms with van der Waals surface area (Å²) < 4.78 is 19.4. The van der Waals surface area contributed by atoms with Crippen molar-refractivity contribution in [2.24, 2.45) is 0 Å². The van der Waals surface area contributed by atoms with Gasteiger partial charge in [-0.25, -0.2) is 4.39 Å². The minimum atomic E-state index is -0.848. The zero-order valence-corrected chi connectivity index (χ0v) is 17.5. The summed E-state index contributed by atoms with van der Waals surface area (Å²) in [6, 6.07) is 19.3. The highest BCUT2D eigenvalue weighted by Gasteiger charge is 2.36. The summed E-state index contributed by atoms with van der Waals surface area (Å²) in [6.07, 6.45) is -0.848. The van der Waals surface area contributed by atoms with E-state index in [9.17, 15) is 14.0 Å². The van der Waals surface area contributed by atoms with Crippen LogP contribution in [-0.4, -0.2) is 29.4 Å². The molecular formula is C24H20ClFN2O3. The molecule has 0 unspecified atom stereocenters. The van der Waals surface area contributed by atoms with E-state index in [0.717, 1.165) is 0 Å². The molecule has 5 nitrogen and oxygen atoms in total. The highest BCUT2D eigenvalue weighted by atomic mass is 35.5. The number of amides is 2. The molecule has 7 heteroatoms. The van der Waals surface area contributed by atoms with Gasteiger partial charge in [0.15, 0.2) is 6.10 Å². The molecule has 0 saturated carbocycles. The lowest BCUT2D eigenvalue weighted by atomic mass is 9.95. The van der Waals surface area contributed by atoms with Gasteiger partial charge < -0.3 is 15.0 Å². The van der Waals surface area contributed by atoms with Crippen LogP contribution in [0.15, 0.2) is 72.8 Å². The third-order valence-electron chi connectivity index (χ3n) is 5.08. The van der Waals surface area contributed by atoms with Gasteiger partial charge in [0.25, 0.3) is 5.91 Å². The normalized spacial score (nSPS) is 16.7. The van der Waals surface area contributed by atoms with Gasteiger partial charge in [-0.05, 0) is 55.0 Å². The van der Waals surface area contributed by atoms with E-state index in [4.69, 9.17) is 16.3 Å². The van der Waals surface area contributed by atoms with Gasteiger partial charge in [0.2, 0.25) is 5.91 Å². The highest BCUT2D eigenvalue weighted by molar-refractivity contribution is 6.30. The summed E-state index contributed by atoms with van der Waals surface area (Å²) in [5.41, 5.74) is 1.85. The Labute approximate surface area is 184 Å². The van der Waals surface area contributed by atoms with Crippen molar-refractivity contribution in [2.45, 2.75) is 19.1 Å². The van der Waals surface area contributed by atoms with Crippen molar-refractivity contribution in [3.05, 3.63) is 94.8 Å². The number of ether oxygens (including phenoxy) is 1. The molecule has 0 bridgehead atoms. The van der Waals surface area contributed by atoms with Crippen LogP contribution in [0.25, 0.3) is 0 Å². The third kappa shape index (κ3) is 4.54. The molecule has 31 heavy (non-hydrogen) atoms. The number of benzene rings is 3. The Hall–Kier alpha value is -3.38. The van der Waals surface area contributed by atoms with Crippen LogP contribution >= 0.6 is 11.6 Å². The molecule has 2 atom stereocenters. The summed E-state index contributed by atoms with van der Waals surface area (Å²) in [6.45, 7) is 1.45. The Balaban J connectivity index is 1.76. The maximum absolute atomic E-state index is 13.6. The molecule has 4 rings (SSSR count). The number of nitrogens with one attached hydrogen (secondary N) is 1. The van der Waals surface area contributed by atoms with Crippen molar-refractivity contribution in [1.82, 2.24) is 4.90 Å². The minimum absolute atomic E-state index is 0.185. The predicted molar refractivity (Wildman–Crippen MR) is 117 cm³/mol. The molecule has 0 aliphatic carbocycles. The van der Waals surface area contributed by atoms with Gasteiger partial charge >= 0.3 is 0 Å². The first-order valence-electron chi connectivity index (χ1n) is 9.79. The monoisotopic (exact) mass is 438 g/mol. The number of nitrogens with zero attached hydrogens (tertiary/aromatic N) is 1. The van der Waals surface area contributed by atoms with E-state index in [0.29, 0.717) is 27.6 Å². The van der Waals surface area contributed by atoms with Crippen molar-refractivity contribution in [3.8, 4) is 5.75 Å². The number of hydrogen-bond acceptors (Lipinski definition) is 3. The number of anilines is 1. The fourth-order valence-electron chi connectivity index (χ4n) is 3.67. The van der Waals surface area contributed by atoms with Crippen LogP contribution in [0.5, 0.6) is 5.75 Å². The molecular weight excluding hydrogens is 419 g/mol. The van der Waals surface area contributed by atoms with Crippen LogP contribution in [-0.2, 0) is 9.59 Å². The van der Waals surface area contributed by atoms with Crippen molar-refractivity contribution < 1.29 is 18.7 Å². The molecule has 0 aromatic heterocycles. The first-order chi connectivity index (χ1) is 14.9. The quantitative estimate of drug-likeness (QED) is 0.635. The van der Waals surface area contributed by atoms with Gasteiger partial charge in [-0.1, -0.05) is 41.9 Å². The average Bonchev–Trinajstić information content (AvgIpc) is 2.90. The minimum Gasteiger partial charge on any atom is -0.481 e. The van der Waals surface area contributed by atoms with Crippen molar-refractivity contribution in [3.63, 3.8) is 0 Å². The SMILES string of the molecule is C[C@H](Oc1ccccc1)C(=O)N1CC(=O)Nc2ccc(Cl)cc2[C@@H]1c1ccc(F)cc1. The third-order valence-corrected chi connectivity index (χ3v) is 5.32. The zero-order valence-electron chi connectivity index (χ0n) is 16.7. The van der Waals surface area contributed by atoms with Crippen LogP contribution in [0.2, 0.25) is 5.02 Å². The Morgan fingerprint density at radius 1 is 1.13 bits per heavy atom. The Morgan fingerprint density at radius 3 is 2.55 bits per heavy atom. The Kier molecular flexibility index (Phi) is 5.91. The predicted octanol–water partition coefficient (Wildman–Crippen LogP) is 4.82. The molecule has 0 spiro atoms. The van der Waals surface area contributed by atoms with E-state index in [2.05, 4.69) is 5.32 Å². The lowest BCUT2D eigenvalue weighted by Crippen LogP contribution is -2.45. The molecule has 3 aromatic carbocycles. The fourth-order valence-corrected chi connectivity index (χ4v) is 3.85. The van der Waals surface area contributed by atoms with Crippen LogP contribution in [0.4, 0.5) is 10.1 Å². The van der Waals surface area contributed by atoms with Gasteiger partial charge in [-0.3, -0.25) is 9.59 Å². The molecule has 2 amide bonds. The largest absolute Gasteiger partial charge is 0.481 e. The van der Waals surface area contributed by atoms with E-state index in [1.807, 2.05) is 18.2 Å². The molecule has 0 saturated heterocycles. The summed E-state index contributed by atoms with van der Waals surface area (Å²) >= 11 is 6.24. The summed E-state index contributed by atoms with van der Waals surface area (Å²) in [7, 11) is 0. The van der Waals surface area contributed by atoms with Crippen LogP contribution in [0.1, 0.15) is 24.1 Å². The number of fused-ring (bicyclic) bond motifs is 1. The number of rotatable bonds is 4. The summed E-state index contributed by atoms with van der Waals surface area (Å²) in [5.74, 6) is -0.560. The van der Waals surface area contributed by atoms with Crippen molar-refractivity contribution in [1.29, 1.82) is 0 Å². The van der Waals surface area contributed by atoms with Gasteiger partial charge in [-0.2, -0.15) is 0 Å². The highest BCUT2D eigenvalue weighted by Crippen LogP contribution is 2.37. The van der Waals surface area contributed by atoms with Gasteiger partial charge in [0, 0.05) is 16.3 Å². The second-order valence-electron chi connectivity index (χ2n) is 7.27. The van der Waals surface area contributed by atoms with E-state index in [1.54, 1.807) is 49.4 Å². The summed E-state index contributed by atoms with van der Waals surface area (Å²) in [4.78, 5) is 27.5. The molecule has 0 fully saturated rings. The molecule has 1 N–H and O–H groups in total. The number of carbonyl (C=O) groups is 2. The number of para-hydroxylation sites is 1. The molecule has 1 heterocycles. The van der Waals surface area contributed by atoms with Crippen LogP contribution in [0.3, 0.4) is 0 Å². The van der Waals surface area contributed by atoms with Crippen LogP contribution in [0, 0.1) is 5.82 Å². The first-order valence-corrected chi connectivity index (χ1v) is 10.2. The van der Waals surface area contributed by atoms with E-state index >= 15 is 0 Å². The van der Waals surface area contributed by atoms with E-state index < -0.39 is 18.0 Å². The average molecular weight is 439 g/mol. The van der Waals surface area contributed by atoms with E-state index in [-0.39, 0.29) is 18.4 Å². The zero-order chi connectivity index (χ0) is 22.0. The maximum Gasteiger partial charge on any atom is 0.264 e. The first kappa shape index (κ1) is 20.9. The molecule has 158 valence electrons. The van der Waals surface area contributed by atoms with Crippen LogP contribution < -0.4 is 10.1 Å². The summed E-state index contributed by atoms with van der Waals surface area (Å²) in [5, 5.41) is 3.29. The molecule has 1 aliphatic heterocycles. The van der Waals surface area contributed by atoms with Gasteiger partial charge in [0.1, 0.15) is 18.1 Å². The number of carbonyl (C=O) groups excluding carboxylic acids is 2. The second-order valence-corrected chi connectivity index (χ2v) is 7.71. The lowest BCUT2D eigenvalue weighted by molar-refractivity contribution is -0.142. The number of halogens is 2. The van der Waals surface area contributed by atoms with Crippen molar-refractivity contribution >= 4 is 29.1 Å². The molecule has 3 aromatic rings. The molecule has 1 aliphatic rings. The van der Waals surface area contributed by atoms with E-state index in [1.165, 1.54) is 17.0 Å². The van der Waals surface area contributed by atoms with Crippen molar-refractivity contribution in [2.75, 3.05) is 11.9 Å². The number of hydrogen-bond donors (Lipinski definition) is 1. The lowest BCUT2D eigenvalue weighted by Gasteiger charge is -2.32. The molecule has 0 radical (unpaired) electrons. The standard InChI is InChI=1S/C24H20ClFN2O3/c1-15(31-19-5-3-2-4-6-19)24(30)28-14-22(29)27-21-12-9-17(25)13-20(21)23(28)16-7-10-18(26)11-8-16/h2-13,15,23H,14H2,1H3,(H,27,29)/t15-,23-/m0/s1. The Bertz CT molecular complexity index is 1110. The van der Waals surface area contributed by atoms with Gasteiger partial charge in [-0.15, -0.1) is 0 Å². The Morgan fingerprint density at radius 2 is 1.84 bits per heavy atom. The maximum atomic E-state index is 13.6. The fraction of sp³-hybridized carbons (Fsp3) is 0.167. The van der Waals surface area contributed by atoms with Gasteiger partial charge in [0.05, 0.1) is 6.04 Å². The topological polar surface area (TPSA) is 58.6 Å².